The van der Waals surface area contributed by atoms with Gasteiger partial charge >= 0.3 is 5.97 Å². The number of aromatic nitrogens is 6. The van der Waals surface area contributed by atoms with E-state index in [0.29, 0.717) is 23.5 Å². The first-order chi connectivity index (χ1) is 14.3. The van der Waals surface area contributed by atoms with Gasteiger partial charge in [-0.15, -0.1) is 5.10 Å². The summed E-state index contributed by atoms with van der Waals surface area (Å²) in [6.45, 7) is 5.50. The van der Waals surface area contributed by atoms with Crippen LogP contribution in [0.15, 0.2) is 29.1 Å². The number of carbonyl (C=O) groups is 1. The topological polar surface area (TPSA) is 130 Å². The molecule has 0 saturated heterocycles. The van der Waals surface area contributed by atoms with Gasteiger partial charge in [-0.05, 0) is 44.9 Å². The summed E-state index contributed by atoms with van der Waals surface area (Å²) in [5, 5.41) is 4.12. The van der Waals surface area contributed by atoms with Gasteiger partial charge < -0.3 is 10.5 Å². The molecule has 0 aliphatic rings. The van der Waals surface area contributed by atoms with E-state index in [9.17, 15) is 9.59 Å². The zero-order valence-electron chi connectivity index (χ0n) is 16.9. The third-order valence-electron chi connectivity index (χ3n) is 4.96. The lowest BCUT2D eigenvalue weighted by molar-refractivity contribution is -0.145. The van der Waals surface area contributed by atoms with Crippen molar-refractivity contribution in [3.63, 3.8) is 0 Å². The summed E-state index contributed by atoms with van der Waals surface area (Å²) < 4.78 is 8.41. The molecule has 0 unspecified atom stereocenters. The molecule has 0 amide bonds. The zero-order valence-corrected chi connectivity index (χ0v) is 16.9. The first-order valence-corrected chi connectivity index (χ1v) is 9.46. The maximum absolute atomic E-state index is 12.3. The van der Waals surface area contributed by atoms with Crippen LogP contribution in [-0.4, -0.2) is 34.9 Å². The Balaban J connectivity index is 1.44. The Morgan fingerprint density at radius 1 is 1.17 bits per heavy atom. The van der Waals surface area contributed by atoms with Crippen molar-refractivity contribution in [2.45, 2.75) is 40.2 Å². The van der Waals surface area contributed by atoms with E-state index in [2.05, 4.69) is 20.1 Å². The van der Waals surface area contributed by atoms with Crippen molar-refractivity contribution in [3.8, 4) is 0 Å². The van der Waals surface area contributed by atoms with Crippen LogP contribution in [-0.2, 0) is 22.6 Å². The van der Waals surface area contributed by atoms with Crippen LogP contribution in [0.4, 0.5) is 5.95 Å². The van der Waals surface area contributed by atoms with Crippen molar-refractivity contribution in [2.24, 2.45) is 0 Å². The van der Waals surface area contributed by atoms with Crippen molar-refractivity contribution in [2.75, 3.05) is 5.73 Å². The smallest absolute Gasteiger partial charge is 0.306 e. The van der Waals surface area contributed by atoms with E-state index in [1.165, 1.54) is 10.5 Å². The van der Waals surface area contributed by atoms with Crippen molar-refractivity contribution < 1.29 is 9.53 Å². The van der Waals surface area contributed by atoms with E-state index in [0.717, 1.165) is 22.6 Å². The van der Waals surface area contributed by atoms with Gasteiger partial charge in [0.05, 0.1) is 5.69 Å². The van der Waals surface area contributed by atoms with E-state index in [-0.39, 0.29) is 24.5 Å². The Morgan fingerprint density at radius 3 is 2.77 bits per heavy atom. The predicted octanol–water partition coefficient (Wildman–Crippen LogP) is 1.32. The number of ether oxygens (including phenoxy) is 1. The second-order valence-corrected chi connectivity index (χ2v) is 7.05. The molecule has 0 aliphatic heterocycles. The van der Waals surface area contributed by atoms with Crippen molar-refractivity contribution >= 4 is 23.3 Å². The van der Waals surface area contributed by atoms with E-state index in [1.807, 2.05) is 32.9 Å². The van der Waals surface area contributed by atoms with Gasteiger partial charge in [-0.3, -0.25) is 14.0 Å². The molecule has 0 fully saturated rings. The minimum atomic E-state index is -0.391. The third kappa shape index (κ3) is 3.59. The largest absolute Gasteiger partial charge is 0.459 e. The molecule has 4 heterocycles. The number of rotatable bonds is 5. The molecule has 154 valence electrons. The number of nitrogens with two attached hydrogens (primary N) is 1. The van der Waals surface area contributed by atoms with Gasteiger partial charge in [0.15, 0.2) is 0 Å². The first kappa shape index (κ1) is 19.5. The molecular weight excluding hydrogens is 386 g/mol. The molecule has 10 heteroatoms. The fourth-order valence-corrected chi connectivity index (χ4v) is 3.48. The van der Waals surface area contributed by atoms with Gasteiger partial charge in [-0.25, -0.2) is 9.97 Å². The maximum Gasteiger partial charge on any atom is 0.306 e. The molecule has 0 spiro atoms. The number of fused-ring (bicyclic) bond motifs is 2. The van der Waals surface area contributed by atoms with Crippen molar-refractivity contribution in [3.05, 3.63) is 63.0 Å². The third-order valence-corrected chi connectivity index (χ3v) is 4.96. The lowest BCUT2D eigenvalue weighted by Gasteiger charge is -2.10. The summed E-state index contributed by atoms with van der Waals surface area (Å²) in [5.74, 6) is 0.187. The fraction of sp³-hybridized carbons (Fsp3) is 0.300. The highest BCUT2D eigenvalue weighted by molar-refractivity contribution is 5.69. The van der Waals surface area contributed by atoms with Gasteiger partial charge in [-0.2, -0.15) is 9.50 Å². The Labute approximate surface area is 171 Å². The highest BCUT2D eigenvalue weighted by Gasteiger charge is 2.15. The van der Waals surface area contributed by atoms with E-state index in [4.69, 9.17) is 10.5 Å². The standard InChI is InChI=1S/C20H21N7O3/c1-11-5-4-6-16-23-14(9-17(28)26(11)16)10-30-18(29)8-7-15-12(2)22-20-24-19(21)25-27(20)13(15)3/h4-6,9H,7-8,10H2,1-3H3,(H2,21,25). The molecule has 30 heavy (non-hydrogen) atoms. The first-order valence-electron chi connectivity index (χ1n) is 9.46. The molecule has 0 radical (unpaired) electrons. The zero-order chi connectivity index (χ0) is 21.4. The summed E-state index contributed by atoms with van der Waals surface area (Å²) in [6, 6.07) is 6.78. The number of nitrogens with zero attached hydrogens (tertiary/aromatic N) is 6. The molecule has 0 aromatic carbocycles. The molecular formula is C20H21N7O3. The van der Waals surface area contributed by atoms with Crippen LogP contribution in [0.25, 0.3) is 11.4 Å². The number of pyridine rings is 1. The highest BCUT2D eigenvalue weighted by Crippen LogP contribution is 2.16. The summed E-state index contributed by atoms with van der Waals surface area (Å²) in [6.07, 6.45) is 0.594. The Morgan fingerprint density at radius 2 is 1.97 bits per heavy atom. The fourth-order valence-electron chi connectivity index (χ4n) is 3.48. The lowest BCUT2D eigenvalue weighted by Crippen LogP contribution is -2.18. The monoisotopic (exact) mass is 407 g/mol. The number of anilines is 1. The number of nitrogen functional groups attached to an aromatic ring is 1. The molecule has 0 aliphatic carbocycles. The van der Waals surface area contributed by atoms with Gasteiger partial charge in [0.2, 0.25) is 5.95 Å². The number of carbonyl (C=O) groups excluding carboxylic acids is 1. The molecule has 4 rings (SSSR count). The molecule has 0 saturated carbocycles. The summed E-state index contributed by atoms with van der Waals surface area (Å²) >= 11 is 0. The van der Waals surface area contributed by atoms with Crippen LogP contribution >= 0.6 is 0 Å². The lowest BCUT2D eigenvalue weighted by atomic mass is 10.1. The van der Waals surface area contributed by atoms with Crippen LogP contribution in [0.5, 0.6) is 0 Å². The minimum Gasteiger partial charge on any atom is -0.459 e. The molecule has 0 atom stereocenters. The summed E-state index contributed by atoms with van der Waals surface area (Å²) in [4.78, 5) is 37.4. The Hall–Kier alpha value is -3.82. The summed E-state index contributed by atoms with van der Waals surface area (Å²) in [5.41, 5.74) is 9.64. The second kappa shape index (κ2) is 7.54. The summed E-state index contributed by atoms with van der Waals surface area (Å²) in [7, 11) is 0. The van der Waals surface area contributed by atoms with E-state index in [1.54, 1.807) is 10.6 Å². The van der Waals surface area contributed by atoms with Crippen LogP contribution in [0.3, 0.4) is 0 Å². The maximum atomic E-state index is 12.3. The van der Waals surface area contributed by atoms with Crippen molar-refractivity contribution in [1.29, 1.82) is 0 Å². The van der Waals surface area contributed by atoms with E-state index >= 15 is 0 Å². The number of hydrogen-bond donors (Lipinski definition) is 1. The Kier molecular flexibility index (Phi) is 4.90. The number of aryl methyl sites for hydroxylation is 3. The van der Waals surface area contributed by atoms with Crippen LogP contribution < -0.4 is 11.3 Å². The van der Waals surface area contributed by atoms with Gasteiger partial charge in [0.25, 0.3) is 11.3 Å². The van der Waals surface area contributed by atoms with Crippen LogP contribution in [0.2, 0.25) is 0 Å². The predicted molar refractivity (Wildman–Crippen MR) is 109 cm³/mol. The van der Waals surface area contributed by atoms with Crippen LogP contribution in [0, 0.1) is 20.8 Å². The molecule has 2 N–H and O–H groups in total. The van der Waals surface area contributed by atoms with Gasteiger partial charge in [-0.1, -0.05) is 6.07 Å². The molecule has 4 aromatic rings. The highest BCUT2D eigenvalue weighted by atomic mass is 16.5. The number of esters is 1. The molecule has 4 aromatic heterocycles. The van der Waals surface area contributed by atoms with Gasteiger partial charge in [0.1, 0.15) is 12.3 Å². The number of hydrogen-bond acceptors (Lipinski definition) is 8. The van der Waals surface area contributed by atoms with Gasteiger partial charge in [0, 0.05) is 29.6 Å². The van der Waals surface area contributed by atoms with Crippen LogP contribution in [0.1, 0.15) is 34.8 Å². The normalized spacial score (nSPS) is 11.3. The Bertz CT molecular complexity index is 1340. The second-order valence-electron chi connectivity index (χ2n) is 7.05. The van der Waals surface area contributed by atoms with E-state index < -0.39 is 5.97 Å². The SMILES string of the molecule is Cc1nc2nc(N)nn2c(C)c1CCC(=O)OCc1cc(=O)n2c(C)cccc2n1. The average Bonchev–Trinajstić information content (AvgIpc) is 3.06. The molecule has 0 bridgehead atoms. The molecule has 10 nitrogen and oxygen atoms in total. The average molecular weight is 407 g/mol. The minimum absolute atomic E-state index is 0.0621. The van der Waals surface area contributed by atoms with Crippen molar-refractivity contribution in [1.82, 2.24) is 29.0 Å². The quantitative estimate of drug-likeness (QED) is 0.490.